The zero-order valence-electron chi connectivity index (χ0n) is 13.2. The van der Waals surface area contributed by atoms with Crippen molar-refractivity contribution in [1.29, 1.82) is 0 Å². The van der Waals surface area contributed by atoms with Crippen LogP contribution in [0.15, 0.2) is 33.5 Å². The number of carbonyl (C=O) groups is 3. The van der Waals surface area contributed by atoms with E-state index < -0.39 is 11.8 Å². The number of cyclic esters (lactones) is 1. The Bertz CT molecular complexity index is 907. The van der Waals surface area contributed by atoms with E-state index >= 15 is 0 Å². The van der Waals surface area contributed by atoms with Gasteiger partial charge in [-0.2, -0.15) is 0 Å². The fourth-order valence-corrected chi connectivity index (χ4v) is 3.10. The van der Waals surface area contributed by atoms with Gasteiger partial charge in [0.2, 0.25) is 5.91 Å². The molecule has 0 saturated carbocycles. The Morgan fingerprint density at radius 2 is 1.92 bits per heavy atom. The molecule has 9 nitrogen and oxygen atoms in total. The van der Waals surface area contributed by atoms with E-state index in [1.807, 2.05) is 0 Å². The first-order chi connectivity index (χ1) is 12.0. The van der Waals surface area contributed by atoms with Crippen LogP contribution < -0.4 is 5.76 Å². The highest BCUT2D eigenvalue weighted by molar-refractivity contribution is 5.97. The highest BCUT2D eigenvalue weighted by atomic mass is 16.6. The van der Waals surface area contributed by atoms with E-state index in [4.69, 9.17) is 4.42 Å². The molecule has 0 aliphatic carbocycles. The molecule has 2 aliphatic rings. The fraction of sp³-hybridized carbons (Fsp3) is 0.375. The minimum absolute atomic E-state index is 0.0244. The molecule has 130 valence electrons. The molecule has 0 N–H and O–H groups in total. The molecular formula is C16H15N3O6. The second-order valence-electron chi connectivity index (χ2n) is 6.15. The lowest BCUT2D eigenvalue weighted by Crippen LogP contribution is -2.55. The van der Waals surface area contributed by atoms with Gasteiger partial charge in [-0.25, -0.2) is 14.5 Å². The number of benzene rings is 1. The number of likely N-dealkylation sites (tertiary alicyclic amines) is 1. The van der Waals surface area contributed by atoms with Gasteiger partial charge in [0.1, 0.15) is 6.54 Å². The Morgan fingerprint density at radius 3 is 2.64 bits per heavy atom. The van der Waals surface area contributed by atoms with Crippen LogP contribution in [0.1, 0.15) is 0 Å². The number of rotatable bonds is 4. The van der Waals surface area contributed by atoms with E-state index in [0.717, 1.165) is 4.90 Å². The maximum atomic E-state index is 12.4. The molecule has 2 aromatic rings. The second kappa shape index (κ2) is 5.76. The van der Waals surface area contributed by atoms with E-state index in [9.17, 15) is 19.2 Å². The summed E-state index contributed by atoms with van der Waals surface area (Å²) in [4.78, 5) is 49.8. The molecule has 3 heterocycles. The third-order valence-electron chi connectivity index (χ3n) is 4.46. The van der Waals surface area contributed by atoms with Crippen LogP contribution in [0.25, 0.3) is 11.1 Å². The van der Waals surface area contributed by atoms with Gasteiger partial charge < -0.3 is 14.1 Å². The number of hydrogen-bond donors (Lipinski definition) is 0. The SMILES string of the molecule is O=C(Cn1c(=O)oc2ccccc21)N1CC(CN2C(=O)COC2=O)C1. The summed E-state index contributed by atoms with van der Waals surface area (Å²) < 4.78 is 11.1. The van der Waals surface area contributed by atoms with Crippen LogP contribution in [0.3, 0.4) is 0 Å². The predicted octanol–water partition coefficient (Wildman–Crippen LogP) is 0.0317. The van der Waals surface area contributed by atoms with Crippen LogP contribution in [-0.2, 0) is 20.9 Å². The van der Waals surface area contributed by atoms with Crippen molar-refractivity contribution >= 4 is 29.0 Å². The smallest absolute Gasteiger partial charge is 0.420 e. The molecule has 1 aromatic carbocycles. The van der Waals surface area contributed by atoms with Gasteiger partial charge in [-0.15, -0.1) is 0 Å². The van der Waals surface area contributed by atoms with Crippen LogP contribution in [0, 0.1) is 5.92 Å². The number of amides is 3. The molecule has 2 aliphatic heterocycles. The molecule has 2 fully saturated rings. The van der Waals surface area contributed by atoms with Gasteiger partial charge in [0.05, 0.1) is 5.52 Å². The average molecular weight is 345 g/mol. The number of ether oxygens (including phenoxy) is 1. The fourth-order valence-electron chi connectivity index (χ4n) is 3.10. The number of hydrogen-bond acceptors (Lipinski definition) is 6. The van der Waals surface area contributed by atoms with Gasteiger partial charge in [0, 0.05) is 25.6 Å². The summed E-state index contributed by atoms with van der Waals surface area (Å²) in [6, 6.07) is 6.91. The van der Waals surface area contributed by atoms with Crippen molar-refractivity contribution in [2.75, 3.05) is 26.2 Å². The quantitative estimate of drug-likeness (QED) is 0.775. The van der Waals surface area contributed by atoms with Gasteiger partial charge in [0.25, 0.3) is 5.91 Å². The molecule has 1 aromatic heterocycles. The van der Waals surface area contributed by atoms with E-state index in [1.165, 1.54) is 4.57 Å². The molecule has 0 atom stereocenters. The molecule has 0 spiro atoms. The van der Waals surface area contributed by atoms with Crippen molar-refractivity contribution in [1.82, 2.24) is 14.4 Å². The minimum Gasteiger partial charge on any atom is -0.439 e. The third-order valence-corrected chi connectivity index (χ3v) is 4.46. The van der Waals surface area contributed by atoms with Crippen LogP contribution in [0.5, 0.6) is 0 Å². The van der Waals surface area contributed by atoms with Crippen LogP contribution in [0.2, 0.25) is 0 Å². The Hall–Kier alpha value is -3.10. The first-order valence-corrected chi connectivity index (χ1v) is 7.86. The van der Waals surface area contributed by atoms with Crippen LogP contribution in [-0.4, -0.2) is 58.5 Å². The molecule has 0 unspecified atom stereocenters. The maximum Gasteiger partial charge on any atom is 0.420 e. The van der Waals surface area contributed by atoms with Crippen LogP contribution >= 0.6 is 0 Å². The summed E-state index contributed by atoms with van der Waals surface area (Å²) in [6.45, 7) is 0.787. The lowest BCUT2D eigenvalue weighted by atomic mass is 9.99. The Morgan fingerprint density at radius 1 is 1.16 bits per heavy atom. The lowest BCUT2D eigenvalue weighted by Gasteiger charge is -2.40. The number of carbonyl (C=O) groups excluding carboxylic acids is 3. The molecule has 4 rings (SSSR count). The molecular weight excluding hydrogens is 330 g/mol. The second-order valence-corrected chi connectivity index (χ2v) is 6.15. The van der Waals surface area contributed by atoms with Gasteiger partial charge in [0.15, 0.2) is 12.2 Å². The van der Waals surface area contributed by atoms with E-state index in [0.29, 0.717) is 24.2 Å². The predicted molar refractivity (Wildman–Crippen MR) is 83.6 cm³/mol. The zero-order valence-corrected chi connectivity index (χ0v) is 13.2. The van der Waals surface area contributed by atoms with Crippen molar-refractivity contribution in [3.8, 4) is 0 Å². The Kier molecular flexibility index (Phi) is 3.56. The van der Waals surface area contributed by atoms with Gasteiger partial charge in [-0.3, -0.25) is 14.2 Å². The summed E-state index contributed by atoms with van der Waals surface area (Å²) in [5.74, 6) is -1.11. The summed E-state index contributed by atoms with van der Waals surface area (Å²) in [6.07, 6.45) is -0.633. The summed E-state index contributed by atoms with van der Waals surface area (Å²) in [7, 11) is 0. The van der Waals surface area contributed by atoms with Crippen LogP contribution in [0.4, 0.5) is 4.79 Å². The van der Waals surface area contributed by atoms with Crippen molar-refractivity contribution in [3.63, 3.8) is 0 Å². The first kappa shape index (κ1) is 15.4. The standard InChI is InChI=1S/C16H15N3O6/c20-13(8-18-11-3-1-2-4-12(11)25-16(18)23)17-5-10(6-17)7-19-14(21)9-24-15(19)22/h1-4,10H,5-9H2. The minimum atomic E-state index is -0.633. The normalized spacial score (nSPS) is 17.9. The molecule has 25 heavy (non-hydrogen) atoms. The Labute approximate surface area is 141 Å². The number of imide groups is 1. The monoisotopic (exact) mass is 345 g/mol. The van der Waals surface area contributed by atoms with E-state index in [1.54, 1.807) is 29.2 Å². The van der Waals surface area contributed by atoms with Gasteiger partial charge in [-0.05, 0) is 12.1 Å². The highest BCUT2D eigenvalue weighted by Crippen LogP contribution is 2.20. The number of fused-ring (bicyclic) bond motifs is 1. The number of aromatic nitrogens is 1. The van der Waals surface area contributed by atoms with Gasteiger partial charge >= 0.3 is 11.8 Å². The van der Waals surface area contributed by atoms with E-state index in [2.05, 4.69) is 4.74 Å². The molecule has 2 saturated heterocycles. The maximum absolute atomic E-state index is 12.4. The van der Waals surface area contributed by atoms with Crippen molar-refractivity contribution in [2.24, 2.45) is 5.92 Å². The summed E-state index contributed by atoms with van der Waals surface area (Å²) >= 11 is 0. The lowest BCUT2D eigenvalue weighted by molar-refractivity contribution is -0.138. The van der Waals surface area contributed by atoms with E-state index in [-0.39, 0.29) is 37.4 Å². The van der Waals surface area contributed by atoms with Gasteiger partial charge in [-0.1, -0.05) is 12.1 Å². The number of oxazole rings is 1. The molecule has 3 amide bonds. The highest BCUT2D eigenvalue weighted by Gasteiger charge is 2.38. The number of nitrogens with zero attached hydrogens (tertiary/aromatic N) is 3. The summed E-state index contributed by atoms with van der Waals surface area (Å²) in [5, 5.41) is 0. The number of para-hydroxylation sites is 2. The van der Waals surface area contributed by atoms with Crippen molar-refractivity contribution in [3.05, 3.63) is 34.8 Å². The van der Waals surface area contributed by atoms with Crippen molar-refractivity contribution in [2.45, 2.75) is 6.54 Å². The third kappa shape index (κ3) is 2.67. The molecule has 0 bridgehead atoms. The largest absolute Gasteiger partial charge is 0.439 e. The molecule has 9 heteroatoms. The van der Waals surface area contributed by atoms with Crippen molar-refractivity contribution < 1.29 is 23.5 Å². The summed E-state index contributed by atoms with van der Waals surface area (Å²) in [5.41, 5.74) is 1.01. The average Bonchev–Trinajstić information content (AvgIpc) is 3.03. The first-order valence-electron chi connectivity index (χ1n) is 7.86. The zero-order chi connectivity index (χ0) is 17.6. The molecule has 0 radical (unpaired) electrons. The topological polar surface area (TPSA) is 102 Å². The Balaban J connectivity index is 1.37.